The molecule has 4 rings (SSSR count). The van der Waals surface area contributed by atoms with Gasteiger partial charge in [0.05, 0.1) is 6.04 Å². The summed E-state index contributed by atoms with van der Waals surface area (Å²) in [5.74, 6) is 1.27. The van der Waals surface area contributed by atoms with Crippen molar-refractivity contribution < 1.29 is 4.42 Å². The van der Waals surface area contributed by atoms with Crippen LogP contribution in [0.15, 0.2) is 64.4 Å². The van der Waals surface area contributed by atoms with E-state index in [-0.39, 0.29) is 6.04 Å². The standard InChI is InChI=1S/C20H20N4OS/c1-13-6-8-14(9-7-13)12-26-20-24-23-19(25-20)17(21)10-15-11-22-18-5-3-2-4-16(15)18/h2-9,11,17,22H,10,12,21H2,1H3/t17-/m0/s1. The number of rotatable bonds is 6. The SMILES string of the molecule is Cc1ccc(CSc2nnc([C@@H](N)Cc3c[nH]c4ccccc34)o2)cc1. The lowest BCUT2D eigenvalue weighted by atomic mass is 10.1. The molecule has 0 aliphatic carbocycles. The molecule has 132 valence electrons. The fraction of sp³-hybridized carbons (Fsp3) is 0.200. The molecule has 0 unspecified atom stereocenters. The fourth-order valence-electron chi connectivity index (χ4n) is 2.88. The number of nitrogens with two attached hydrogens (primary N) is 1. The summed E-state index contributed by atoms with van der Waals surface area (Å²) in [5.41, 5.74) is 11.0. The van der Waals surface area contributed by atoms with Crippen molar-refractivity contribution in [3.8, 4) is 0 Å². The predicted molar refractivity (Wildman–Crippen MR) is 104 cm³/mol. The van der Waals surface area contributed by atoms with Gasteiger partial charge in [0, 0.05) is 22.9 Å². The van der Waals surface area contributed by atoms with Gasteiger partial charge in [-0.2, -0.15) is 0 Å². The summed E-state index contributed by atoms with van der Waals surface area (Å²) in [6, 6.07) is 16.3. The fourth-order valence-corrected chi connectivity index (χ4v) is 3.61. The molecular weight excluding hydrogens is 344 g/mol. The number of aromatic nitrogens is 3. The highest BCUT2D eigenvalue weighted by molar-refractivity contribution is 7.98. The van der Waals surface area contributed by atoms with Gasteiger partial charge >= 0.3 is 0 Å². The Kier molecular flexibility index (Phi) is 4.77. The van der Waals surface area contributed by atoms with Crippen molar-refractivity contribution >= 4 is 22.7 Å². The molecule has 0 radical (unpaired) electrons. The molecule has 2 aromatic carbocycles. The van der Waals surface area contributed by atoms with Crippen molar-refractivity contribution in [1.82, 2.24) is 15.2 Å². The molecule has 0 aliphatic rings. The van der Waals surface area contributed by atoms with E-state index >= 15 is 0 Å². The molecule has 4 aromatic rings. The van der Waals surface area contributed by atoms with E-state index in [0.717, 1.165) is 16.8 Å². The molecule has 0 fully saturated rings. The number of nitrogens with zero attached hydrogens (tertiary/aromatic N) is 2. The van der Waals surface area contributed by atoms with Gasteiger partial charge in [-0.3, -0.25) is 0 Å². The second-order valence-corrected chi connectivity index (χ2v) is 7.28. The summed E-state index contributed by atoms with van der Waals surface area (Å²) >= 11 is 1.53. The first-order chi connectivity index (χ1) is 12.7. The summed E-state index contributed by atoms with van der Waals surface area (Å²) < 4.78 is 5.76. The maximum absolute atomic E-state index is 6.30. The zero-order valence-electron chi connectivity index (χ0n) is 14.5. The first-order valence-corrected chi connectivity index (χ1v) is 9.50. The van der Waals surface area contributed by atoms with Gasteiger partial charge < -0.3 is 15.1 Å². The van der Waals surface area contributed by atoms with Crippen molar-refractivity contribution in [1.29, 1.82) is 0 Å². The Hall–Kier alpha value is -2.57. The average Bonchev–Trinajstić information content (AvgIpc) is 3.29. The van der Waals surface area contributed by atoms with E-state index in [4.69, 9.17) is 10.2 Å². The van der Waals surface area contributed by atoms with E-state index in [1.165, 1.54) is 28.3 Å². The van der Waals surface area contributed by atoms with Gasteiger partial charge in [0.25, 0.3) is 5.22 Å². The number of benzene rings is 2. The minimum Gasteiger partial charge on any atom is -0.414 e. The highest BCUT2D eigenvalue weighted by Gasteiger charge is 2.17. The number of thioether (sulfide) groups is 1. The summed E-state index contributed by atoms with van der Waals surface area (Å²) in [4.78, 5) is 3.27. The van der Waals surface area contributed by atoms with Gasteiger partial charge in [-0.1, -0.05) is 59.8 Å². The molecule has 26 heavy (non-hydrogen) atoms. The van der Waals surface area contributed by atoms with E-state index in [0.29, 0.717) is 17.5 Å². The van der Waals surface area contributed by atoms with E-state index < -0.39 is 0 Å². The lowest BCUT2D eigenvalue weighted by Crippen LogP contribution is -2.13. The van der Waals surface area contributed by atoms with Crippen LogP contribution in [0.4, 0.5) is 0 Å². The first-order valence-electron chi connectivity index (χ1n) is 8.51. The van der Waals surface area contributed by atoms with E-state index in [1.807, 2.05) is 18.3 Å². The minimum absolute atomic E-state index is 0.324. The highest BCUT2D eigenvalue weighted by atomic mass is 32.2. The van der Waals surface area contributed by atoms with Crippen LogP contribution in [0.1, 0.15) is 28.6 Å². The molecule has 0 saturated heterocycles. The summed E-state index contributed by atoms with van der Waals surface area (Å²) in [6.45, 7) is 2.08. The molecule has 0 amide bonds. The van der Waals surface area contributed by atoms with Gasteiger partial charge in [-0.25, -0.2) is 0 Å². The Morgan fingerprint density at radius 2 is 1.92 bits per heavy atom. The number of nitrogens with one attached hydrogen (secondary N) is 1. The average molecular weight is 364 g/mol. The maximum Gasteiger partial charge on any atom is 0.276 e. The van der Waals surface area contributed by atoms with Crippen molar-refractivity contribution in [2.45, 2.75) is 30.4 Å². The van der Waals surface area contributed by atoms with Gasteiger partial charge in [0.2, 0.25) is 5.89 Å². The molecule has 0 spiro atoms. The Labute approximate surface area is 156 Å². The number of fused-ring (bicyclic) bond motifs is 1. The third-order valence-corrected chi connectivity index (χ3v) is 5.23. The van der Waals surface area contributed by atoms with Crippen LogP contribution in [-0.4, -0.2) is 15.2 Å². The van der Waals surface area contributed by atoms with Gasteiger partial charge in [-0.15, -0.1) is 10.2 Å². The minimum atomic E-state index is -0.324. The van der Waals surface area contributed by atoms with E-state index in [2.05, 4.69) is 58.5 Å². The molecule has 5 nitrogen and oxygen atoms in total. The molecule has 0 saturated carbocycles. The zero-order chi connectivity index (χ0) is 17.9. The number of aromatic amines is 1. The van der Waals surface area contributed by atoms with Crippen molar-refractivity contribution in [3.63, 3.8) is 0 Å². The third-order valence-electron chi connectivity index (χ3n) is 4.34. The summed E-state index contributed by atoms with van der Waals surface area (Å²) in [5, 5.41) is 9.98. The molecule has 3 N–H and O–H groups in total. The maximum atomic E-state index is 6.30. The predicted octanol–water partition coefficient (Wildman–Crippen LogP) is 4.39. The quantitative estimate of drug-likeness (QED) is 0.496. The van der Waals surface area contributed by atoms with Crippen LogP contribution in [0.3, 0.4) is 0 Å². The topological polar surface area (TPSA) is 80.7 Å². The van der Waals surface area contributed by atoms with Crippen LogP contribution in [0.2, 0.25) is 0 Å². The number of H-pyrrole nitrogens is 1. The Balaban J connectivity index is 1.41. The van der Waals surface area contributed by atoms with Gasteiger partial charge in [0.1, 0.15) is 0 Å². The largest absolute Gasteiger partial charge is 0.414 e. The molecule has 1 atom stereocenters. The molecule has 0 aliphatic heterocycles. The van der Waals surface area contributed by atoms with Crippen LogP contribution in [0.5, 0.6) is 0 Å². The highest BCUT2D eigenvalue weighted by Crippen LogP contribution is 2.26. The summed E-state index contributed by atoms with van der Waals surface area (Å²) in [6.07, 6.45) is 2.64. The van der Waals surface area contributed by atoms with Crippen LogP contribution in [0.25, 0.3) is 10.9 Å². The van der Waals surface area contributed by atoms with Crippen LogP contribution < -0.4 is 5.73 Å². The smallest absolute Gasteiger partial charge is 0.276 e. The van der Waals surface area contributed by atoms with E-state index in [9.17, 15) is 0 Å². The first kappa shape index (κ1) is 16.9. The lowest BCUT2D eigenvalue weighted by Gasteiger charge is -2.05. The van der Waals surface area contributed by atoms with Crippen molar-refractivity contribution in [2.75, 3.05) is 0 Å². The number of para-hydroxylation sites is 1. The normalized spacial score (nSPS) is 12.5. The molecule has 2 heterocycles. The Morgan fingerprint density at radius 3 is 2.77 bits per heavy atom. The second kappa shape index (κ2) is 7.35. The molecule has 6 heteroatoms. The molecular formula is C20H20N4OS. The monoisotopic (exact) mass is 364 g/mol. The van der Waals surface area contributed by atoms with E-state index in [1.54, 1.807) is 0 Å². The van der Waals surface area contributed by atoms with Crippen LogP contribution >= 0.6 is 11.8 Å². The number of hydrogen-bond acceptors (Lipinski definition) is 5. The number of aryl methyl sites for hydroxylation is 1. The van der Waals surface area contributed by atoms with Crippen LogP contribution in [0, 0.1) is 6.92 Å². The van der Waals surface area contributed by atoms with Crippen molar-refractivity contribution in [2.24, 2.45) is 5.73 Å². The molecule has 0 bridgehead atoms. The van der Waals surface area contributed by atoms with Gasteiger partial charge in [-0.05, 0) is 30.5 Å². The number of hydrogen-bond donors (Lipinski definition) is 2. The van der Waals surface area contributed by atoms with Gasteiger partial charge in [0.15, 0.2) is 0 Å². The van der Waals surface area contributed by atoms with Crippen LogP contribution in [-0.2, 0) is 12.2 Å². The molecule has 2 aromatic heterocycles. The second-order valence-electron chi connectivity index (χ2n) is 6.35. The Morgan fingerprint density at radius 1 is 1.12 bits per heavy atom. The Bertz CT molecular complexity index is 1010. The van der Waals surface area contributed by atoms with Crippen molar-refractivity contribution in [3.05, 3.63) is 77.3 Å². The zero-order valence-corrected chi connectivity index (χ0v) is 15.3. The summed E-state index contributed by atoms with van der Waals surface area (Å²) in [7, 11) is 0. The lowest BCUT2D eigenvalue weighted by molar-refractivity contribution is 0.385. The third kappa shape index (κ3) is 3.66.